The van der Waals surface area contributed by atoms with Crippen molar-refractivity contribution in [3.8, 4) is 0 Å². The van der Waals surface area contributed by atoms with Crippen molar-refractivity contribution in [3.05, 3.63) is 11.4 Å². The Balaban J connectivity index is 1.55. The molecule has 9 heteroatoms. The number of fused-ring (bicyclic) bond motifs is 1. The number of carbonyl (C=O) groups is 2. The van der Waals surface area contributed by atoms with Crippen molar-refractivity contribution in [1.29, 1.82) is 0 Å². The van der Waals surface area contributed by atoms with Crippen molar-refractivity contribution in [2.24, 2.45) is 11.3 Å². The lowest BCUT2D eigenvalue weighted by atomic mass is 9.82. The van der Waals surface area contributed by atoms with Crippen molar-refractivity contribution < 1.29 is 19.3 Å². The molecule has 2 fully saturated rings. The molecule has 3 heterocycles. The van der Waals surface area contributed by atoms with E-state index in [4.69, 9.17) is 0 Å². The topological polar surface area (TPSA) is 121 Å². The standard InChI is InChI=1S/C13H19N5O4/c1-8-11(17-22-16-8)12(21)15-3-10(20)18-4-9-2-14-5-13(9,6-18)7-19/h9,14,19H,2-7H2,1H3,(H,15,21). The number of amides is 2. The minimum Gasteiger partial charge on any atom is -0.396 e. The Morgan fingerprint density at radius 3 is 3.00 bits per heavy atom. The zero-order chi connectivity index (χ0) is 15.7. The molecule has 3 N–H and O–H groups in total. The van der Waals surface area contributed by atoms with Crippen molar-refractivity contribution in [2.45, 2.75) is 6.92 Å². The largest absolute Gasteiger partial charge is 0.396 e. The molecular weight excluding hydrogens is 290 g/mol. The fraction of sp³-hybridized carbons (Fsp3) is 0.692. The maximum Gasteiger partial charge on any atom is 0.275 e. The molecular formula is C13H19N5O4. The molecule has 0 bridgehead atoms. The fourth-order valence-corrected chi connectivity index (χ4v) is 3.22. The van der Waals surface area contributed by atoms with Crippen molar-refractivity contribution >= 4 is 11.8 Å². The van der Waals surface area contributed by atoms with Crippen LogP contribution in [0.2, 0.25) is 0 Å². The molecule has 2 amide bonds. The minimum absolute atomic E-state index is 0.0601. The van der Waals surface area contributed by atoms with Gasteiger partial charge in [0.05, 0.1) is 13.2 Å². The molecule has 0 saturated carbocycles. The van der Waals surface area contributed by atoms with E-state index in [2.05, 4.69) is 25.6 Å². The molecule has 0 aromatic carbocycles. The van der Waals surface area contributed by atoms with Crippen molar-refractivity contribution in [3.63, 3.8) is 0 Å². The highest BCUT2D eigenvalue weighted by Gasteiger charge is 2.50. The highest BCUT2D eigenvalue weighted by Crippen LogP contribution is 2.38. The third-order valence-electron chi connectivity index (χ3n) is 4.62. The minimum atomic E-state index is -0.481. The molecule has 9 nitrogen and oxygen atoms in total. The summed E-state index contributed by atoms with van der Waals surface area (Å²) >= 11 is 0. The number of rotatable bonds is 4. The Morgan fingerprint density at radius 1 is 1.55 bits per heavy atom. The molecule has 22 heavy (non-hydrogen) atoms. The summed E-state index contributed by atoms with van der Waals surface area (Å²) in [5, 5.41) is 22.4. The molecule has 2 aliphatic heterocycles. The van der Waals surface area contributed by atoms with Gasteiger partial charge < -0.3 is 20.6 Å². The van der Waals surface area contributed by atoms with Crippen molar-refractivity contribution in [1.82, 2.24) is 25.8 Å². The van der Waals surface area contributed by atoms with Gasteiger partial charge in [-0.25, -0.2) is 4.63 Å². The van der Waals surface area contributed by atoms with Crippen LogP contribution in [0.25, 0.3) is 0 Å². The van der Waals surface area contributed by atoms with Crippen LogP contribution >= 0.6 is 0 Å². The summed E-state index contributed by atoms with van der Waals surface area (Å²) in [6, 6.07) is 0. The van der Waals surface area contributed by atoms with Gasteiger partial charge in [-0.3, -0.25) is 9.59 Å². The van der Waals surface area contributed by atoms with E-state index < -0.39 is 5.91 Å². The smallest absolute Gasteiger partial charge is 0.275 e. The Bertz CT molecular complexity index is 589. The Kier molecular flexibility index (Phi) is 3.83. The van der Waals surface area contributed by atoms with Gasteiger partial charge in [0.2, 0.25) is 5.91 Å². The number of hydrogen-bond donors (Lipinski definition) is 3. The molecule has 120 valence electrons. The predicted octanol–water partition coefficient (Wildman–Crippen LogP) is -1.85. The number of likely N-dealkylation sites (tertiary alicyclic amines) is 1. The summed E-state index contributed by atoms with van der Waals surface area (Å²) in [5.41, 5.74) is 0.222. The second kappa shape index (κ2) is 5.65. The lowest BCUT2D eigenvalue weighted by Crippen LogP contribution is -2.42. The van der Waals surface area contributed by atoms with E-state index in [-0.39, 0.29) is 36.1 Å². The first-order chi connectivity index (χ1) is 10.6. The molecule has 1 aromatic heterocycles. The summed E-state index contributed by atoms with van der Waals surface area (Å²) in [6.07, 6.45) is 0. The van der Waals surface area contributed by atoms with Crippen LogP contribution in [0.1, 0.15) is 16.2 Å². The summed E-state index contributed by atoms with van der Waals surface area (Å²) < 4.78 is 4.46. The molecule has 1 aromatic rings. The zero-order valence-corrected chi connectivity index (χ0v) is 12.3. The number of aliphatic hydroxyl groups excluding tert-OH is 1. The van der Waals surface area contributed by atoms with Crippen LogP contribution in [0.3, 0.4) is 0 Å². The maximum atomic E-state index is 12.2. The molecule has 0 aliphatic carbocycles. The Hall–Kier alpha value is -2.00. The number of nitrogens with one attached hydrogen (secondary N) is 2. The summed E-state index contributed by atoms with van der Waals surface area (Å²) in [5.74, 6) is -0.381. The number of hydrogen-bond acceptors (Lipinski definition) is 7. The van der Waals surface area contributed by atoms with E-state index in [1.54, 1.807) is 11.8 Å². The zero-order valence-electron chi connectivity index (χ0n) is 12.3. The van der Waals surface area contributed by atoms with E-state index in [1.807, 2.05) is 0 Å². The van der Waals surface area contributed by atoms with Gasteiger partial charge in [0.1, 0.15) is 5.69 Å². The average molecular weight is 309 g/mol. The van der Waals surface area contributed by atoms with Gasteiger partial charge in [-0.1, -0.05) is 5.16 Å². The van der Waals surface area contributed by atoms with Gasteiger partial charge in [-0.2, -0.15) is 0 Å². The highest BCUT2D eigenvalue weighted by molar-refractivity contribution is 5.95. The molecule has 2 saturated heterocycles. The summed E-state index contributed by atoms with van der Waals surface area (Å²) in [4.78, 5) is 25.8. The van der Waals surface area contributed by atoms with Gasteiger partial charge >= 0.3 is 0 Å². The van der Waals surface area contributed by atoms with Gasteiger partial charge in [0, 0.05) is 31.6 Å². The van der Waals surface area contributed by atoms with Crippen LogP contribution in [0.5, 0.6) is 0 Å². The highest BCUT2D eigenvalue weighted by atomic mass is 16.6. The second-order valence-corrected chi connectivity index (χ2v) is 6.00. The average Bonchev–Trinajstić information content (AvgIpc) is 3.17. The maximum absolute atomic E-state index is 12.2. The van der Waals surface area contributed by atoms with Gasteiger partial charge in [-0.05, 0) is 18.0 Å². The first-order valence-corrected chi connectivity index (χ1v) is 7.22. The fourth-order valence-electron chi connectivity index (χ4n) is 3.22. The Morgan fingerprint density at radius 2 is 2.36 bits per heavy atom. The predicted molar refractivity (Wildman–Crippen MR) is 73.8 cm³/mol. The van der Waals surface area contributed by atoms with E-state index in [0.29, 0.717) is 25.3 Å². The van der Waals surface area contributed by atoms with Crippen LogP contribution in [-0.4, -0.2) is 71.5 Å². The molecule has 3 rings (SSSR count). The first-order valence-electron chi connectivity index (χ1n) is 7.22. The summed E-state index contributed by atoms with van der Waals surface area (Å²) in [6.45, 7) is 4.20. The lowest BCUT2D eigenvalue weighted by Gasteiger charge is -2.25. The van der Waals surface area contributed by atoms with Gasteiger partial charge in [0.25, 0.3) is 5.91 Å². The van der Waals surface area contributed by atoms with E-state index >= 15 is 0 Å². The van der Waals surface area contributed by atoms with Crippen LogP contribution in [0, 0.1) is 18.3 Å². The van der Waals surface area contributed by atoms with E-state index in [9.17, 15) is 14.7 Å². The van der Waals surface area contributed by atoms with E-state index in [1.165, 1.54) is 0 Å². The van der Waals surface area contributed by atoms with Crippen LogP contribution in [0.15, 0.2) is 4.63 Å². The number of aromatic nitrogens is 2. The summed E-state index contributed by atoms with van der Waals surface area (Å²) in [7, 11) is 0. The molecule has 2 unspecified atom stereocenters. The van der Waals surface area contributed by atoms with Crippen molar-refractivity contribution in [2.75, 3.05) is 39.3 Å². The normalized spacial score (nSPS) is 27.0. The number of aliphatic hydroxyl groups is 1. The molecule has 2 aliphatic rings. The van der Waals surface area contributed by atoms with Crippen LogP contribution in [0.4, 0.5) is 0 Å². The number of nitrogens with zero attached hydrogens (tertiary/aromatic N) is 3. The number of aryl methyl sites for hydroxylation is 1. The quantitative estimate of drug-likeness (QED) is 0.597. The monoisotopic (exact) mass is 309 g/mol. The Labute approximate surface area is 127 Å². The molecule has 0 spiro atoms. The second-order valence-electron chi connectivity index (χ2n) is 6.00. The first kappa shape index (κ1) is 14.9. The van der Waals surface area contributed by atoms with Gasteiger partial charge in [-0.15, -0.1) is 0 Å². The third kappa shape index (κ3) is 2.46. The van der Waals surface area contributed by atoms with Crippen LogP contribution in [-0.2, 0) is 4.79 Å². The molecule has 0 radical (unpaired) electrons. The van der Waals surface area contributed by atoms with E-state index in [0.717, 1.165) is 6.54 Å². The third-order valence-corrected chi connectivity index (χ3v) is 4.62. The number of carbonyl (C=O) groups excluding carboxylic acids is 2. The van der Waals surface area contributed by atoms with Gasteiger partial charge in [0.15, 0.2) is 5.69 Å². The van der Waals surface area contributed by atoms with Crippen LogP contribution < -0.4 is 10.6 Å². The SMILES string of the molecule is Cc1nonc1C(=O)NCC(=O)N1CC2CNCC2(CO)C1. The lowest BCUT2D eigenvalue weighted by molar-refractivity contribution is -0.129. The molecule has 2 atom stereocenters.